The number of ether oxygens (including phenoxy) is 1. The molecule has 1 aromatic heterocycles. The summed E-state index contributed by atoms with van der Waals surface area (Å²) in [4.78, 5) is 8.66. The van der Waals surface area contributed by atoms with Crippen LogP contribution in [0, 0.1) is 0 Å². The van der Waals surface area contributed by atoms with Crippen molar-refractivity contribution >= 4 is 31.9 Å². The molecule has 0 saturated heterocycles. The SMILES string of the molecule is CC(C)Oc1ccc(-c2nc(Br)cc(Br)n2)cc1. The molecule has 94 valence electrons. The molecule has 0 radical (unpaired) electrons. The molecule has 2 rings (SSSR count). The van der Waals surface area contributed by atoms with Gasteiger partial charge in [-0.25, -0.2) is 9.97 Å². The molecule has 5 heteroatoms. The molecule has 0 bridgehead atoms. The second-order valence-corrected chi connectivity index (χ2v) is 5.65. The van der Waals surface area contributed by atoms with Gasteiger partial charge in [-0.15, -0.1) is 0 Å². The quantitative estimate of drug-likeness (QED) is 0.747. The number of hydrogen-bond acceptors (Lipinski definition) is 3. The summed E-state index contributed by atoms with van der Waals surface area (Å²) in [5.74, 6) is 1.52. The fourth-order valence-electron chi connectivity index (χ4n) is 1.47. The van der Waals surface area contributed by atoms with Crippen molar-refractivity contribution in [3.63, 3.8) is 0 Å². The Morgan fingerprint density at radius 3 is 2.06 bits per heavy atom. The van der Waals surface area contributed by atoms with Gasteiger partial charge < -0.3 is 4.74 Å². The number of hydrogen-bond donors (Lipinski definition) is 0. The number of rotatable bonds is 3. The van der Waals surface area contributed by atoms with Gasteiger partial charge in [0.05, 0.1) is 6.10 Å². The van der Waals surface area contributed by atoms with Crippen LogP contribution in [-0.2, 0) is 0 Å². The Morgan fingerprint density at radius 2 is 1.56 bits per heavy atom. The summed E-state index contributed by atoms with van der Waals surface area (Å²) >= 11 is 6.70. The first-order valence-corrected chi connectivity index (χ1v) is 7.10. The average Bonchev–Trinajstić information content (AvgIpc) is 2.27. The molecular weight excluding hydrogens is 360 g/mol. The molecular formula is C13H12Br2N2O. The van der Waals surface area contributed by atoms with E-state index in [1.165, 1.54) is 0 Å². The van der Waals surface area contributed by atoms with Crippen LogP contribution in [0.5, 0.6) is 5.75 Å². The zero-order chi connectivity index (χ0) is 13.1. The molecule has 0 N–H and O–H groups in total. The van der Waals surface area contributed by atoms with Gasteiger partial charge in [0.15, 0.2) is 5.82 Å². The largest absolute Gasteiger partial charge is 0.491 e. The highest BCUT2D eigenvalue weighted by molar-refractivity contribution is 9.11. The van der Waals surface area contributed by atoms with Gasteiger partial charge in [-0.05, 0) is 70.0 Å². The Kier molecular flexibility index (Phi) is 4.35. The van der Waals surface area contributed by atoms with Crippen LogP contribution in [-0.4, -0.2) is 16.1 Å². The second kappa shape index (κ2) is 5.80. The smallest absolute Gasteiger partial charge is 0.161 e. The van der Waals surface area contributed by atoms with E-state index in [-0.39, 0.29) is 6.10 Å². The fraction of sp³-hybridized carbons (Fsp3) is 0.231. The predicted molar refractivity (Wildman–Crippen MR) is 78.6 cm³/mol. The Morgan fingerprint density at radius 1 is 1.00 bits per heavy atom. The molecule has 0 aliphatic heterocycles. The fourth-order valence-corrected chi connectivity index (χ4v) is 2.55. The first-order chi connectivity index (χ1) is 8.54. The Bertz CT molecular complexity index is 521. The van der Waals surface area contributed by atoms with E-state index >= 15 is 0 Å². The van der Waals surface area contributed by atoms with Gasteiger partial charge in [0.2, 0.25) is 0 Å². The van der Waals surface area contributed by atoms with Gasteiger partial charge in [-0.3, -0.25) is 0 Å². The van der Waals surface area contributed by atoms with E-state index in [0.717, 1.165) is 20.5 Å². The molecule has 0 amide bonds. The molecule has 3 nitrogen and oxygen atoms in total. The highest BCUT2D eigenvalue weighted by atomic mass is 79.9. The Hall–Kier alpha value is -0.940. The van der Waals surface area contributed by atoms with E-state index < -0.39 is 0 Å². The summed E-state index contributed by atoms with van der Waals surface area (Å²) in [5, 5.41) is 0. The summed E-state index contributed by atoms with van der Waals surface area (Å²) in [7, 11) is 0. The van der Waals surface area contributed by atoms with Crippen LogP contribution in [0.25, 0.3) is 11.4 Å². The van der Waals surface area contributed by atoms with Crippen molar-refractivity contribution in [2.24, 2.45) is 0 Å². The van der Waals surface area contributed by atoms with Gasteiger partial charge in [-0.2, -0.15) is 0 Å². The van der Waals surface area contributed by atoms with Crippen molar-refractivity contribution in [1.82, 2.24) is 9.97 Å². The van der Waals surface area contributed by atoms with Gasteiger partial charge in [0, 0.05) is 11.6 Å². The lowest BCUT2D eigenvalue weighted by atomic mass is 10.2. The molecule has 2 aromatic rings. The molecule has 0 fully saturated rings. The molecule has 0 aliphatic carbocycles. The standard InChI is InChI=1S/C13H12Br2N2O/c1-8(2)18-10-5-3-9(4-6-10)13-16-11(14)7-12(15)17-13/h3-8H,1-2H3. The van der Waals surface area contributed by atoms with E-state index in [2.05, 4.69) is 41.8 Å². The third-order valence-electron chi connectivity index (χ3n) is 2.15. The van der Waals surface area contributed by atoms with Gasteiger partial charge in [-0.1, -0.05) is 0 Å². The minimum atomic E-state index is 0.173. The van der Waals surface area contributed by atoms with Crippen LogP contribution in [0.15, 0.2) is 39.5 Å². The number of benzene rings is 1. The highest BCUT2D eigenvalue weighted by Crippen LogP contribution is 2.23. The van der Waals surface area contributed by atoms with Crippen LogP contribution in [0.4, 0.5) is 0 Å². The second-order valence-electron chi connectivity index (χ2n) is 4.03. The van der Waals surface area contributed by atoms with Crippen molar-refractivity contribution in [1.29, 1.82) is 0 Å². The maximum Gasteiger partial charge on any atom is 0.161 e. The van der Waals surface area contributed by atoms with Gasteiger partial charge in [0.25, 0.3) is 0 Å². The lowest BCUT2D eigenvalue weighted by Gasteiger charge is -2.09. The van der Waals surface area contributed by atoms with E-state index in [4.69, 9.17) is 4.74 Å². The summed E-state index contributed by atoms with van der Waals surface area (Å²) in [6.45, 7) is 4.00. The topological polar surface area (TPSA) is 35.0 Å². The summed E-state index contributed by atoms with van der Waals surface area (Å²) < 4.78 is 7.10. The zero-order valence-corrected chi connectivity index (χ0v) is 13.2. The van der Waals surface area contributed by atoms with Crippen molar-refractivity contribution in [2.45, 2.75) is 20.0 Å². The molecule has 18 heavy (non-hydrogen) atoms. The van der Waals surface area contributed by atoms with E-state index in [0.29, 0.717) is 5.82 Å². The first kappa shape index (κ1) is 13.5. The minimum absolute atomic E-state index is 0.173. The van der Waals surface area contributed by atoms with Crippen LogP contribution < -0.4 is 4.74 Å². The monoisotopic (exact) mass is 370 g/mol. The normalized spacial score (nSPS) is 10.7. The molecule has 1 aromatic carbocycles. The highest BCUT2D eigenvalue weighted by Gasteiger charge is 2.05. The van der Waals surface area contributed by atoms with Crippen LogP contribution in [0.2, 0.25) is 0 Å². The lowest BCUT2D eigenvalue weighted by molar-refractivity contribution is 0.242. The van der Waals surface area contributed by atoms with Crippen molar-refractivity contribution in [3.05, 3.63) is 39.5 Å². The molecule has 0 aliphatic rings. The molecule has 0 atom stereocenters. The number of aromatic nitrogens is 2. The molecule has 0 unspecified atom stereocenters. The average molecular weight is 372 g/mol. The maximum absolute atomic E-state index is 5.59. The summed E-state index contributed by atoms with van der Waals surface area (Å²) in [5.41, 5.74) is 0.952. The van der Waals surface area contributed by atoms with Crippen molar-refractivity contribution in [3.8, 4) is 17.1 Å². The van der Waals surface area contributed by atoms with Gasteiger partial charge in [0.1, 0.15) is 15.0 Å². The van der Waals surface area contributed by atoms with Crippen LogP contribution in [0.1, 0.15) is 13.8 Å². The number of nitrogens with zero attached hydrogens (tertiary/aromatic N) is 2. The van der Waals surface area contributed by atoms with Crippen molar-refractivity contribution in [2.75, 3.05) is 0 Å². The Balaban J connectivity index is 2.28. The van der Waals surface area contributed by atoms with Crippen molar-refractivity contribution < 1.29 is 4.74 Å². The first-order valence-electron chi connectivity index (χ1n) is 5.52. The summed E-state index contributed by atoms with van der Waals surface area (Å²) in [6.07, 6.45) is 0.173. The van der Waals surface area contributed by atoms with E-state index in [1.807, 2.05) is 38.1 Å². The van der Waals surface area contributed by atoms with E-state index in [9.17, 15) is 0 Å². The summed E-state index contributed by atoms with van der Waals surface area (Å²) in [6, 6.07) is 9.55. The predicted octanol–water partition coefficient (Wildman–Crippen LogP) is 4.46. The third kappa shape index (κ3) is 3.53. The third-order valence-corrected chi connectivity index (χ3v) is 2.96. The minimum Gasteiger partial charge on any atom is -0.491 e. The molecule has 1 heterocycles. The van der Waals surface area contributed by atoms with Gasteiger partial charge >= 0.3 is 0 Å². The van der Waals surface area contributed by atoms with Crippen LogP contribution >= 0.6 is 31.9 Å². The lowest BCUT2D eigenvalue weighted by Crippen LogP contribution is -2.05. The maximum atomic E-state index is 5.59. The van der Waals surface area contributed by atoms with E-state index in [1.54, 1.807) is 6.07 Å². The van der Waals surface area contributed by atoms with Crippen LogP contribution in [0.3, 0.4) is 0 Å². The zero-order valence-electron chi connectivity index (χ0n) is 10.0. The number of halogens is 2. The molecule has 0 spiro atoms. The molecule has 0 saturated carbocycles. The Labute approximate surface area is 123 Å².